The summed E-state index contributed by atoms with van der Waals surface area (Å²) in [5.74, 6) is -0.469. The molecule has 0 radical (unpaired) electrons. The maximum absolute atomic E-state index is 12.1. The topological polar surface area (TPSA) is 63.2 Å². The van der Waals surface area contributed by atoms with Gasteiger partial charge < -0.3 is 5.32 Å². The van der Waals surface area contributed by atoms with Crippen LogP contribution in [0.1, 0.15) is 40.2 Å². The molecule has 0 aliphatic carbocycles. The van der Waals surface area contributed by atoms with Crippen molar-refractivity contribution in [2.75, 3.05) is 6.54 Å². The molecule has 6 heteroatoms. The molecule has 0 aromatic heterocycles. The number of hydrogen-bond acceptors (Lipinski definition) is 3. The summed E-state index contributed by atoms with van der Waals surface area (Å²) in [6.45, 7) is 8.87. The molecule has 1 aromatic carbocycles. The Kier molecular flexibility index (Phi) is 6.04. The van der Waals surface area contributed by atoms with Gasteiger partial charge in [0.1, 0.15) is 5.25 Å². The average molecular weight is 346 g/mol. The van der Waals surface area contributed by atoms with Crippen molar-refractivity contribution in [2.24, 2.45) is 0 Å². The first-order valence-electron chi connectivity index (χ1n) is 7.25. The molecule has 0 heterocycles. The lowest BCUT2D eigenvalue weighted by Crippen LogP contribution is -2.45. The Hall–Kier alpha value is -1.07. The van der Waals surface area contributed by atoms with E-state index >= 15 is 0 Å². The smallest absolute Gasteiger partial charge is 0.238 e. The third kappa shape index (κ3) is 4.46. The van der Waals surface area contributed by atoms with E-state index in [1.54, 1.807) is 19.9 Å². The summed E-state index contributed by atoms with van der Waals surface area (Å²) >= 11 is 5.99. The summed E-state index contributed by atoms with van der Waals surface area (Å²) in [4.78, 5) is 12.1. The lowest BCUT2D eigenvalue weighted by atomic mass is 9.84. The van der Waals surface area contributed by atoms with E-state index in [0.717, 1.165) is 5.56 Å². The van der Waals surface area contributed by atoms with Crippen LogP contribution < -0.4 is 5.32 Å². The predicted molar refractivity (Wildman–Crippen MR) is 91.0 cm³/mol. The zero-order valence-corrected chi connectivity index (χ0v) is 15.3. The highest BCUT2D eigenvalue weighted by molar-refractivity contribution is 7.93. The van der Waals surface area contributed by atoms with Crippen LogP contribution in [0.3, 0.4) is 0 Å². The van der Waals surface area contributed by atoms with Crippen molar-refractivity contribution in [1.82, 2.24) is 5.32 Å². The molecule has 0 spiro atoms. The lowest BCUT2D eigenvalue weighted by Gasteiger charge is -2.27. The van der Waals surface area contributed by atoms with Crippen LogP contribution in [0.15, 0.2) is 24.3 Å². The summed E-state index contributed by atoms with van der Waals surface area (Å²) in [6, 6.07) is 7.43. The van der Waals surface area contributed by atoms with Gasteiger partial charge in [0.2, 0.25) is 5.91 Å². The molecule has 1 N–H and O–H groups in total. The summed E-state index contributed by atoms with van der Waals surface area (Å²) < 4.78 is 24.1. The molecule has 0 aliphatic rings. The van der Waals surface area contributed by atoms with Crippen molar-refractivity contribution in [3.05, 3.63) is 34.9 Å². The second-order valence-electron chi connectivity index (χ2n) is 6.39. The number of sulfone groups is 1. The lowest BCUT2D eigenvalue weighted by molar-refractivity contribution is -0.120. The van der Waals surface area contributed by atoms with Crippen molar-refractivity contribution < 1.29 is 13.2 Å². The van der Waals surface area contributed by atoms with Gasteiger partial charge in [-0.25, -0.2) is 8.42 Å². The number of halogens is 1. The molecule has 1 amide bonds. The van der Waals surface area contributed by atoms with Gasteiger partial charge in [0, 0.05) is 17.0 Å². The van der Waals surface area contributed by atoms with Crippen LogP contribution in [-0.4, -0.2) is 31.4 Å². The van der Waals surface area contributed by atoms with E-state index in [4.69, 9.17) is 11.6 Å². The Morgan fingerprint density at radius 2 is 1.86 bits per heavy atom. The van der Waals surface area contributed by atoms with Gasteiger partial charge in [-0.2, -0.15) is 0 Å². The number of amides is 1. The van der Waals surface area contributed by atoms with Crippen molar-refractivity contribution in [2.45, 2.75) is 50.5 Å². The van der Waals surface area contributed by atoms with Gasteiger partial charge in [-0.15, -0.1) is 0 Å². The van der Waals surface area contributed by atoms with Crippen molar-refractivity contribution in [3.63, 3.8) is 0 Å². The minimum Gasteiger partial charge on any atom is -0.354 e. The number of benzene rings is 1. The van der Waals surface area contributed by atoms with Gasteiger partial charge in [0.05, 0.1) is 5.25 Å². The van der Waals surface area contributed by atoms with Gasteiger partial charge in [-0.3, -0.25) is 4.79 Å². The Bertz CT molecular complexity index is 639. The zero-order chi connectivity index (χ0) is 17.1. The van der Waals surface area contributed by atoms with E-state index < -0.39 is 26.2 Å². The highest BCUT2D eigenvalue weighted by atomic mass is 35.5. The van der Waals surface area contributed by atoms with Gasteiger partial charge in [-0.1, -0.05) is 37.6 Å². The number of hydrogen-bond donors (Lipinski definition) is 1. The Balaban J connectivity index is 2.79. The molecule has 1 aromatic rings. The van der Waals surface area contributed by atoms with Crippen LogP contribution in [-0.2, 0) is 20.0 Å². The maximum atomic E-state index is 12.1. The highest BCUT2D eigenvalue weighted by Crippen LogP contribution is 2.25. The fourth-order valence-corrected chi connectivity index (χ4v) is 3.41. The van der Waals surface area contributed by atoms with Gasteiger partial charge in [0.25, 0.3) is 0 Å². The number of carbonyl (C=O) groups excluding carboxylic acids is 1. The minimum atomic E-state index is -3.45. The molecule has 1 atom stereocenters. The molecule has 0 aliphatic heterocycles. The SMILES string of the molecule is CC(C)S(=O)(=O)[C@@H](C)C(=O)NCC(C)(C)c1cccc(Cl)c1. The Morgan fingerprint density at radius 3 is 2.36 bits per heavy atom. The summed E-state index contributed by atoms with van der Waals surface area (Å²) in [5, 5.41) is 1.74. The first-order valence-corrected chi connectivity index (χ1v) is 9.23. The predicted octanol–water partition coefficient (Wildman–Crippen LogP) is 2.95. The summed E-state index contributed by atoms with van der Waals surface area (Å²) in [5.41, 5.74) is 0.640. The zero-order valence-electron chi connectivity index (χ0n) is 13.7. The molecular formula is C16H24ClNO3S. The number of nitrogens with one attached hydrogen (secondary N) is 1. The number of carbonyl (C=O) groups is 1. The minimum absolute atomic E-state index is 0.337. The monoisotopic (exact) mass is 345 g/mol. The van der Waals surface area contributed by atoms with E-state index in [-0.39, 0.29) is 5.41 Å². The van der Waals surface area contributed by atoms with Crippen molar-refractivity contribution in [1.29, 1.82) is 0 Å². The molecule has 0 bridgehead atoms. The third-order valence-electron chi connectivity index (χ3n) is 3.83. The van der Waals surface area contributed by atoms with Gasteiger partial charge in [0.15, 0.2) is 9.84 Å². The molecule has 1 rings (SSSR count). The van der Waals surface area contributed by atoms with Crippen LogP contribution in [0, 0.1) is 0 Å². The third-order valence-corrected chi connectivity index (χ3v) is 6.58. The summed E-state index contributed by atoms with van der Waals surface area (Å²) in [6.07, 6.45) is 0. The van der Waals surface area contributed by atoms with Crippen LogP contribution >= 0.6 is 11.6 Å². The Morgan fingerprint density at radius 1 is 1.27 bits per heavy atom. The fourth-order valence-electron chi connectivity index (χ4n) is 2.02. The average Bonchev–Trinajstić information content (AvgIpc) is 2.43. The van der Waals surface area contributed by atoms with E-state index in [1.165, 1.54) is 6.92 Å². The van der Waals surface area contributed by atoms with Crippen LogP contribution in [0.25, 0.3) is 0 Å². The van der Waals surface area contributed by atoms with E-state index in [0.29, 0.717) is 11.6 Å². The van der Waals surface area contributed by atoms with Crippen LogP contribution in [0.4, 0.5) is 0 Å². The van der Waals surface area contributed by atoms with Gasteiger partial charge in [-0.05, 0) is 38.5 Å². The molecular weight excluding hydrogens is 322 g/mol. The normalized spacial score (nSPS) is 14.0. The maximum Gasteiger partial charge on any atom is 0.238 e. The standard InChI is InChI=1S/C16H24ClNO3S/c1-11(2)22(20,21)12(3)15(19)18-10-16(4,5)13-7-6-8-14(17)9-13/h6-9,11-12H,10H2,1-5H3,(H,18,19)/t12-/m0/s1. The summed E-state index contributed by atoms with van der Waals surface area (Å²) in [7, 11) is -3.45. The van der Waals surface area contributed by atoms with E-state index in [1.807, 2.05) is 32.0 Å². The second-order valence-corrected chi connectivity index (χ2v) is 9.66. The molecule has 124 valence electrons. The van der Waals surface area contributed by atoms with Crippen molar-refractivity contribution in [3.8, 4) is 0 Å². The fraction of sp³-hybridized carbons (Fsp3) is 0.562. The molecule has 0 saturated heterocycles. The van der Waals surface area contributed by atoms with E-state index in [9.17, 15) is 13.2 Å². The molecule has 0 fully saturated rings. The first kappa shape index (κ1) is 19.0. The highest BCUT2D eigenvalue weighted by Gasteiger charge is 2.31. The largest absolute Gasteiger partial charge is 0.354 e. The van der Waals surface area contributed by atoms with Crippen LogP contribution in [0.2, 0.25) is 5.02 Å². The van der Waals surface area contributed by atoms with Crippen LogP contribution in [0.5, 0.6) is 0 Å². The Labute approximate surface area is 138 Å². The molecule has 22 heavy (non-hydrogen) atoms. The van der Waals surface area contributed by atoms with Crippen molar-refractivity contribution >= 4 is 27.3 Å². The first-order chi connectivity index (χ1) is 9.98. The molecule has 0 saturated carbocycles. The van der Waals surface area contributed by atoms with E-state index in [2.05, 4.69) is 5.32 Å². The molecule has 0 unspecified atom stereocenters. The quantitative estimate of drug-likeness (QED) is 0.862. The number of rotatable bonds is 6. The second kappa shape index (κ2) is 7.01. The van der Waals surface area contributed by atoms with Gasteiger partial charge >= 0.3 is 0 Å². The molecule has 4 nitrogen and oxygen atoms in total.